The molecule has 5 rings (SSSR count). The summed E-state index contributed by atoms with van der Waals surface area (Å²) in [5, 5.41) is 3.93. The average Bonchev–Trinajstić information content (AvgIpc) is 3.35. The van der Waals surface area contributed by atoms with Gasteiger partial charge in [0.05, 0.1) is 34.9 Å². The molecule has 4 aromatic rings. The van der Waals surface area contributed by atoms with Crippen LogP contribution in [0.15, 0.2) is 78.9 Å². The van der Waals surface area contributed by atoms with Gasteiger partial charge in [-0.25, -0.2) is 0 Å². The van der Waals surface area contributed by atoms with Crippen molar-refractivity contribution in [1.82, 2.24) is 9.88 Å². The van der Waals surface area contributed by atoms with Gasteiger partial charge in [0.1, 0.15) is 0 Å². The Bertz CT molecular complexity index is 1470. The Kier molecular flexibility index (Phi) is 7.55. The van der Waals surface area contributed by atoms with Gasteiger partial charge < -0.3 is 14.6 Å². The summed E-state index contributed by atoms with van der Waals surface area (Å²) in [6, 6.07) is 28.2. The van der Waals surface area contributed by atoms with Gasteiger partial charge in [0.2, 0.25) is 0 Å². The van der Waals surface area contributed by atoms with E-state index in [4.69, 9.17) is 4.74 Å². The van der Waals surface area contributed by atoms with E-state index in [1.54, 1.807) is 0 Å². The maximum absolute atomic E-state index is 14.4. The quantitative estimate of drug-likeness (QED) is 0.179. The predicted octanol–water partition coefficient (Wildman–Crippen LogP) is 6.08. The van der Waals surface area contributed by atoms with E-state index in [2.05, 4.69) is 117 Å². The minimum atomic E-state index is -1.48. The molecule has 0 saturated carbocycles. The van der Waals surface area contributed by atoms with Gasteiger partial charge in [-0.2, -0.15) is 0 Å². The Morgan fingerprint density at radius 3 is 1.82 bits per heavy atom. The van der Waals surface area contributed by atoms with Crippen LogP contribution in [-0.4, -0.2) is 58.2 Å². The molecule has 1 fully saturated rings. The number of morpholine rings is 1. The molecule has 0 atom stereocenters. The van der Waals surface area contributed by atoms with Crippen molar-refractivity contribution >= 4 is 54.5 Å². The number of H-pyrrole nitrogens is 1. The van der Waals surface area contributed by atoms with Crippen molar-refractivity contribution in [2.75, 3.05) is 26.3 Å². The molecule has 1 aliphatic rings. The number of carbonyl (C=O) groups excluding carboxylic acids is 1. The van der Waals surface area contributed by atoms with Crippen LogP contribution in [-0.2, 0) is 9.53 Å². The number of nitrogens with zero attached hydrogens (tertiary/aromatic N) is 1. The zero-order chi connectivity index (χ0) is 27.8. The smallest absolute Gasteiger partial charge is 0.255 e. The highest BCUT2D eigenvalue weighted by atomic mass is 28.3. The molecule has 1 N–H and O–H groups in total. The highest BCUT2D eigenvalue weighted by Gasteiger charge is 2.28. The number of aromatic nitrogens is 1. The number of carbonyl (C=O) groups is 1. The van der Waals surface area contributed by atoms with Crippen LogP contribution in [0.5, 0.6) is 0 Å². The van der Waals surface area contributed by atoms with Gasteiger partial charge in [-0.15, -0.1) is 0 Å². The molecular formula is C33H40N2O2Si2. The Morgan fingerprint density at radius 1 is 0.744 bits per heavy atom. The van der Waals surface area contributed by atoms with Crippen LogP contribution in [0.1, 0.15) is 16.8 Å². The number of ether oxygens (including phenoxy) is 1. The van der Waals surface area contributed by atoms with Crippen LogP contribution in [0.3, 0.4) is 0 Å². The molecular weight excluding hydrogens is 513 g/mol. The third-order valence-corrected chi connectivity index (χ3v) is 11.8. The van der Waals surface area contributed by atoms with Crippen molar-refractivity contribution in [2.45, 2.75) is 39.3 Å². The number of benzene rings is 3. The van der Waals surface area contributed by atoms with E-state index in [9.17, 15) is 4.79 Å². The summed E-state index contributed by atoms with van der Waals surface area (Å²) in [6.45, 7) is 16.5. The fourth-order valence-electron chi connectivity index (χ4n) is 5.22. The maximum atomic E-state index is 14.4. The van der Waals surface area contributed by atoms with Gasteiger partial charge in [-0.05, 0) is 23.3 Å². The van der Waals surface area contributed by atoms with E-state index < -0.39 is 16.1 Å². The van der Waals surface area contributed by atoms with Crippen molar-refractivity contribution in [3.05, 3.63) is 95.7 Å². The number of para-hydroxylation sites is 1. The third kappa shape index (κ3) is 5.88. The first-order valence-electron chi connectivity index (χ1n) is 13.9. The maximum Gasteiger partial charge on any atom is 0.255 e. The number of rotatable bonds is 6. The number of nitrogens with one attached hydrogen (secondary N) is 1. The Hall–Kier alpha value is -3.20. The first-order valence-corrected chi connectivity index (χ1v) is 20.9. The van der Waals surface area contributed by atoms with Crippen LogP contribution < -0.4 is 10.4 Å². The molecule has 1 amide bonds. The molecule has 2 heterocycles. The summed E-state index contributed by atoms with van der Waals surface area (Å²) < 4.78 is 5.60. The van der Waals surface area contributed by atoms with E-state index in [0.717, 1.165) is 38.9 Å². The summed E-state index contributed by atoms with van der Waals surface area (Å²) in [5.41, 5.74) is 5.72. The molecule has 0 spiro atoms. The summed E-state index contributed by atoms with van der Waals surface area (Å²) in [7, 11) is -2.95. The molecule has 0 bridgehead atoms. The number of hydrogen-bond donors (Lipinski definition) is 1. The molecule has 1 aliphatic heterocycles. The molecule has 1 saturated heterocycles. The van der Waals surface area contributed by atoms with E-state index >= 15 is 0 Å². The van der Waals surface area contributed by atoms with Crippen LogP contribution in [0, 0.1) is 0 Å². The van der Waals surface area contributed by atoms with Crippen LogP contribution in [0.25, 0.3) is 22.0 Å². The predicted molar refractivity (Wildman–Crippen MR) is 170 cm³/mol. The lowest BCUT2D eigenvalue weighted by molar-refractivity contribution is -0.128. The molecule has 0 unspecified atom stereocenters. The van der Waals surface area contributed by atoms with Crippen LogP contribution in [0.2, 0.25) is 39.3 Å². The highest BCUT2D eigenvalue weighted by Crippen LogP contribution is 2.35. The molecule has 0 aliphatic carbocycles. The SMILES string of the molecule is C[Si](C)(C)c1ccc(/C(C(=O)N2CCOCC2)=C(/c2ccc([Si](C)(C)C)cc2)c2cc3ccccc3[nH]2)cc1. The van der Waals surface area contributed by atoms with Gasteiger partial charge >= 0.3 is 0 Å². The zero-order valence-corrected chi connectivity index (χ0v) is 26.1. The van der Waals surface area contributed by atoms with Crippen LogP contribution in [0.4, 0.5) is 0 Å². The van der Waals surface area contributed by atoms with Crippen molar-refractivity contribution in [2.24, 2.45) is 0 Å². The third-order valence-electron chi connectivity index (χ3n) is 7.64. The van der Waals surface area contributed by atoms with Gasteiger partial charge in [0, 0.05) is 35.3 Å². The monoisotopic (exact) mass is 552 g/mol. The number of fused-ring (bicyclic) bond motifs is 1. The van der Waals surface area contributed by atoms with Gasteiger partial charge in [0.15, 0.2) is 0 Å². The topological polar surface area (TPSA) is 45.3 Å². The van der Waals surface area contributed by atoms with Gasteiger partial charge in [-0.1, -0.05) is 116 Å². The zero-order valence-electron chi connectivity index (χ0n) is 24.1. The summed E-state index contributed by atoms with van der Waals surface area (Å²) >= 11 is 0. The summed E-state index contributed by atoms with van der Waals surface area (Å²) in [4.78, 5) is 20.0. The lowest BCUT2D eigenvalue weighted by atomic mass is 9.91. The van der Waals surface area contributed by atoms with Gasteiger partial charge in [0.25, 0.3) is 5.91 Å². The Labute approximate surface area is 234 Å². The van der Waals surface area contributed by atoms with Crippen molar-refractivity contribution in [3.63, 3.8) is 0 Å². The molecule has 6 heteroatoms. The lowest BCUT2D eigenvalue weighted by Crippen LogP contribution is -2.41. The Balaban J connectivity index is 1.78. The first kappa shape index (κ1) is 27.4. The van der Waals surface area contributed by atoms with E-state index in [1.165, 1.54) is 10.4 Å². The van der Waals surface area contributed by atoms with Crippen LogP contribution >= 0.6 is 0 Å². The molecule has 202 valence electrons. The van der Waals surface area contributed by atoms with Crippen molar-refractivity contribution in [3.8, 4) is 0 Å². The number of amides is 1. The molecule has 1 aromatic heterocycles. The summed E-state index contributed by atoms with van der Waals surface area (Å²) in [6.07, 6.45) is 0. The second kappa shape index (κ2) is 10.8. The molecule has 3 aromatic carbocycles. The number of aromatic amines is 1. The van der Waals surface area contributed by atoms with E-state index in [-0.39, 0.29) is 5.91 Å². The second-order valence-electron chi connectivity index (χ2n) is 12.6. The summed E-state index contributed by atoms with van der Waals surface area (Å²) in [5.74, 6) is 0.0574. The average molecular weight is 553 g/mol. The fourth-order valence-corrected chi connectivity index (χ4v) is 7.55. The molecule has 39 heavy (non-hydrogen) atoms. The van der Waals surface area contributed by atoms with E-state index in [0.29, 0.717) is 26.3 Å². The molecule has 0 radical (unpaired) electrons. The van der Waals surface area contributed by atoms with Gasteiger partial charge in [-0.3, -0.25) is 4.79 Å². The lowest BCUT2D eigenvalue weighted by Gasteiger charge is -2.29. The second-order valence-corrected chi connectivity index (χ2v) is 22.7. The Morgan fingerprint density at radius 2 is 1.28 bits per heavy atom. The highest BCUT2D eigenvalue weighted by molar-refractivity contribution is 6.89. The van der Waals surface area contributed by atoms with Crippen molar-refractivity contribution in [1.29, 1.82) is 0 Å². The standard InChI is InChI=1S/C33H40N2O2Si2/c1-38(2,3)27-15-11-24(12-16-27)31(30-23-26-9-7-8-10-29(26)34-30)32(33(36)35-19-21-37-22-20-35)25-13-17-28(18-14-25)39(4,5)6/h7-18,23,34H,19-22H2,1-6H3/b32-31+. The minimum absolute atomic E-state index is 0.0574. The van der Waals surface area contributed by atoms with Crippen molar-refractivity contribution < 1.29 is 9.53 Å². The fraction of sp³-hybridized carbons (Fsp3) is 0.303. The largest absolute Gasteiger partial charge is 0.378 e. The number of hydrogen-bond acceptors (Lipinski definition) is 2. The minimum Gasteiger partial charge on any atom is -0.378 e. The molecule has 4 nitrogen and oxygen atoms in total. The first-order chi connectivity index (χ1) is 18.5. The normalized spacial score (nSPS) is 15.4. The van der Waals surface area contributed by atoms with E-state index in [1.807, 2.05) is 11.0 Å².